The molecule has 5 aromatic carbocycles. The largest absolute Gasteiger partial charge is 0.0984 e. The Balaban J connectivity index is 1.42. The Hall–Kier alpha value is -3.72. The van der Waals surface area contributed by atoms with E-state index in [2.05, 4.69) is 160 Å². The van der Waals surface area contributed by atoms with E-state index in [-0.39, 0.29) is 0 Å². The zero-order chi connectivity index (χ0) is 27.6. The van der Waals surface area contributed by atoms with Gasteiger partial charge in [0.15, 0.2) is 0 Å². The van der Waals surface area contributed by atoms with Crippen LogP contribution in [-0.2, 0) is 0 Å². The average Bonchev–Trinajstić information content (AvgIpc) is 3.02. The lowest BCUT2D eigenvalue weighted by Gasteiger charge is -2.14. The molecule has 0 aliphatic heterocycles. The van der Waals surface area contributed by atoms with Gasteiger partial charge in [-0.15, -0.1) is 0 Å². The van der Waals surface area contributed by atoms with Gasteiger partial charge in [-0.1, -0.05) is 110 Å². The van der Waals surface area contributed by atoms with E-state index in [4.69, 9.17) is 0 Å². The average molecular weight is 644 g/mol. The number of halogens is 2. The van der Waals surface area contributed by atoms with E-state index in [9.17, 15) is 0 Å². The SMILES string of the molecule is C=C/C(=C\C(=C)C1=CC=CCC1)c1ccc2c(Br)c3cc(-c4cccc(-c5ccccc5)c4)ccc3c(Br)c2c1. The number of fused-ring (bicyclic) bond motifs is 2. The first kappa shape index (κ1) is 26.5. The maximum atomic E-state index is 4.34. The monoisotopic (exact) mass is 642 g/mol. The zero-order valence-corrected chi connectivity index (χ0v) is 25.3. The Bertz CT molecular complexity index is 1880. The molecular weight excluding hydrogens is 616 g/mol. The van der Waals surface area contributed by atoms with Crippen molar-refractivity contribution in [2.75, 3.05) is 0 Å². The molecule has 6 rings (SSSR count). The molecule has 0 fully saturated rings. The molecule has 0 atom stereocenters. The van der Waals surface area contributed by atoms with Crippen LogP contribution in [0.15, 0.2) is 155 Å². The Morgan fingerprint density at radius 2 is 1.32 bits per heavy atom. The van der Waals surface area contributed by atoms with E-state index in [1.54, 1.807) is 0 Å². The predicted octanol–water partition coefficient (Wildman–Crippen LogP) is 12.3. The molecule has 5 aromatic rings. The Morgan fingerprint density at radius 1 is 0.675 bits per heavy atom. The first-order chi connectivity index (χ1) is 19.5. The zero-order valence-electron chi connectivity index (χ0n) is 22.1. The minimum Gasteiger partial charge on any atom is -0.0984 e. The highest BCUT2D eigenvalue weighted by atomic mass is 79.9. The van der Waals surface area contributed by atoms with Crippen molar-refractivity contribution in [3.63, 3.8) is 0 Å². The highest BCUT2D eigenvalue weighted by molar-refractivity contribution is 9.11. The van der Waals surface area contributed by atoms with E-state index in [0.717, 1.165) is 43.9 Å². The summed E-state index contributed by atoms with van der Waals surface area (Å²) in [6, 6.07) is 32.6. The van der Waals surface area contributed by atoms with Crippen LogP contribution in [0, 0.1) is 0 Å². The molecule has 0 bridgehead atoms. The summed E-state index contributed by atoms with van der Waals surface area (Å²) in [5.41, 5.74) is 9.34. The number of hydrogen-bond donors (Lipinski definition) is 0. The molecule has 0 saturated heterocycles. The van der Waals surface area contributed by atoms with Gasteiger partial charge in [0.05, 0.1) is 0 Å². The summed E-state index contributed by atoms with van der Waals surface area (Å²) in [5, 5.41) is 4.68. The standard InChI is InChI=1S/C38H28Br2/c1-3-26(21-25(2)27-11-6-4-7-12-27)31-17-19-33-35(23-31)37(39)34-20-18-32(24-36(34)38(33)40)30-16-10-15-29(22-30)28-13-8-5-9-14-28/h3-6,8-11,13-24H,1-2,7,12H2/b26-21+. The second-order valence-corrected chi connectivity index (χ2v) is 11.7. The fourth-order valence-electron chi connectivity index (χ4n) is 5.40. The summed E-state index contributed by atoms with van der Waals surface area (Å²) in [7, 11) is 0. The molecule has 0 spiro atoms. The lowest BCUT2D eigenvalue weighted by molar-refractivity contribution is 0.979. The highest BCUT2D eigenvalue weighted by Gasteiger charge is 2.14. The molecule has 1 aliphatic rings. The fraction of sp³-hybridized carbons (Fsp3) is 0.0526. The van der Waals surface area contributed by atoms with E-state index in [1.165, 1.54) is 44.0 Å². The fourth-order valence-corrected chi connectivity index (χ4v) is 6.75. The molecule has 0 heterocycles. The predicted molar refractivity (Wildman–Crippen MR) is 181 cm³/mol. The lowest BCUT2D eigenvalue weighted by Crippen LogP contribution is -1.91. The van der Waals surface area contributed by atoms with E-state index in [1.807, 2.05) is 6.08 Å². The van der Waals surface area contributed by atoms with Gasteiger partial charge < -0.3 is 0 Å². The number of rotatable bonds is 6. The van der Waals surface area contributed by atoms with Crippen molar-refractivity contribution in [2.24, 2.45) is 0 Å². The summed E-state index contributed by atoms with van der Waals surface area (Å²) in [5.74, 6) is 0. The molecule has 0 saturated carbocycles. The smallest absolute Gasteiger partial charge is 0.0333 e. The van der Waals surface area contributed by atoms with Gasteiger partial charge >= 0.3 is 0 Å². The van der Waals surface area contributed by atoms with Gasteiger partial charge in [0, 0.05) is 8.95 Å². The van der Waals surface area contributed by atoms with Gasteiger partial charge in [-0.3, -0.25) is 0 Å². The maximum absolute atomic E-state index is 4.34. The summed E-state index contributed by atoms with van der Waals surface area (Å²) >= 11 is 7.92. The summed E-state index contributed by atoms with van der Waals surface area (Å²) in [6.07, 6.45) is 12.6. The van der Waals surface area contributed by atoms with Crippen molar-refractivity contribution in [2.45, 2.75) is 12.8 Å². The van der Waals surface area contributed by atoms with Crippen molar-refractivity contribution in [3.05, 3.63) is 160 Å². The second-order valence-electron chi connectivity index (χ2n) is 10.1. The lowest BCUT2D eigenvalue weighted by atomic mass is 9.93. The molecule has 194 valence electrons. The first-order valence-corrected chi connectivity index (χ1v) is 15.0. The summed E-state index contributed by atoms with van der Waals surface area (Å²) < 4.78 is 2.19. The highest BCUT2D eigenvalue weighted by Crippen LogP contribution is 2.42. The van der Waals surface area contributed by atoms with Gasteiger partial charge in [0.1, 0.15) is 0 Å². The van der Waals surface area contributed by atoms with Crippen LogP contribution in [0.4, 0.5) is 0 Å². The van der Waals surface area contributed by atoms with Gasteiger partial charge in [-0.2, -0.15) is 0 Å². The Kier molecular flexibility index (Phi) is 7.56. The van der Waals surface area contributed by atoms with E-state index < -0.39 is 0 Å². The molecule has 0 unspecified atom stereocenters. The van der Waals surface area contributed by atoms with Crippen LogP contribution in [0.1, 0.15) is 18.4 Å². The molecule has 0 nitrogen and oxygen atoms in total. The van der Waals surface area contributed by atoms with E-state index >= 15 is 0 Å². The third-order valence-corrected chi connectivity index (χ3v) is 9.31. The molecule has 0 radical (unpaired) electrons. The molecule has 0 N–H and O–H groups in total. The number of allylic oxidation sites excluding steroid dienone is 8. The van der Waals surface area contributed by atoms with Crippen LogP contribution in [0.25, 0.3) is 49.4 Å². The van der Waals surface area contributed by atoms with Gasteiger partial charge in [0.2, 0.25) is 0 Å². The van der Waals surface area contributed by atoms with Crippen LogP contribution in [-0.4, -0.2) is 0 Å². The molecular formula is C38H28Br2. The van der Waals surface area contributed by atoms with Crippen molar-refractivity contribution in [1.82, 2.24) is 0 Å². The summed E-state index contributed by atoms with van der Waals surface area (Å²) in [6.45, 7) is 8.44. The minimum absolute atomic E-state index is 1.02. The third-order valence-electron chi connectivity index (χ3n) is 7.60. The van der Waals surface area contributed by atoms with E-state index in [0.29, 0.717) is 0 Å². The van der Waals surface area contributed by atoms with Crippen LogP contribution in [0.5, 0.6) is 0 Å². The Labute approximate surface area is 253 Å². The quantitative estimate of drug-likeness (QED) is 0.127. The maximum Gasteiger partial charge on any atom is 0.0333 e. The topological polar surface area (TPSA) is 0 Å². The second kappa shape index (κ2) is 11.4. The first-order valence-electron chi connectivity index (χ1n) is 13.4. The van der Waals surface area contributed by atoms with Crippen molar-refractivity contribution in [1.29, 1.82) is 0 Å². The van der Waals surface area contributed by atoms with Crippen LogP contribution >= 0.6 is 31.9 Å². The number of hydrogen-bond acceptors (Lipinski definition) is 0. The van der Waals surface area contributed by atoms with Crippen molar-refractivity contribution < 1.29 is 0 Å². The molecule has 0 amide bonds. The van der Waals surface area contributed by atoms with Crippen molar-refractivity contribution in [3.8, 4) is 22.3 Å². The van der Waals surface area contributed by atoms with Gasteiger partial charge in [-0.05, 0) is 135 Å². The van der Waals surface area contributed by atoms with Crippen LogP contribution in [0.2, 0.25) is 0 Å². The summed E-state index contributed by atoms with van der Waals surface area (Å²) in [4.78, 5) is 0. The van der Waals surface area contributed by atoms with Crippen LogP contribution < -0.4 is 0 Å². The normalized spacial score (nSPS) is 13.4. The van der Waals surface area contributed by atoms with Crippen LogP contribution in [0.3, 0.4) is 0 Å². The molecule has 40 heavy (non-hydrogen) atoms. The van der Waals surface area contributed by atoms with Gasteiger partial charge in [0.25, 0.3) is 0 Å². The molecule has 0 aromatic heterocycles. The number of benzene rings is 5. The third kappa shape index (κ3) is 5.10. The molecule has 1 aliphatic carbocycles. The van der Waals surface area contributed by atoms with Crippen molar-refractivity contribution >= 4 is 59.0 Å². The Morgan fingerprint density at radius 3 is 2.02 bits per heavy atom. The molecule has 2 heteroatoms. The van der Waals surface area contributed by atoms with Gasteiger partial charge in [-0.25, -0.2) is 0 Å². The minimum atomic E-state index is 1.02.